The summed E-state index contributed by atoms with van der Waals surface area (Å²) in [5.74, 6) is -0.830. The van der Waals surface area contributed by atoms with Gasteiger partial charge in [-0.25, -0.2) is 0 Å². The van der Waals surface area contributed by atoms with Gasteiger partial charge >= 0.3 is 5.97 Å². The Kier molecular flexibility index (Phi) is 6.02. The second kappa shape index (κ2) is 6.52. The van der Waals surface area contributed by atoms with Gasteiger partial charge in [-0.1, -0.05) is 19.9 Å². The molecule has 3 nitrogen and oxygen atoms in total. The summed E-state index contributed by atoms with van der Waals surface area (Å²) in [5, 5.41) is 11.7. The molecule has 0 radical (unpaired) electrons. The van der Waals surface area contributed by atoms with Crippen LogP contribution in [0.4, 0.5) is 0 Å². The maximum absolute atomic E-state index is 10.5. The molecule has 0 fully saturated rings. The molecular formula is C10H19NO2. The monoisotopic (exact) mass is 185 g/mol. The van der Waals surface area contributed by atoms with Crippen LogP contribution in [0.25, 0.3) is 0 Å². The SMILES string of the molecule is CC.CNC1=CCC(C(=O)O)CC1. The van der Waals surface area contributed by atoms with Crippen LogP contribution in [0.2, 0.25) is 0 Å². The fourth-order valence-corrected chi connectivity index (χ4v) is 1.29. The van der Waals surface area contributed by atoms with E-state index in [4.69, 9.17) is 5.11 Å². The Morgan fingerprint density at radius 1 is 1.62 bits per heavy atom. The third-order valence-electron chi connectivity index (χ3n) is 2.08. The first-order valence-corrected chi connectivity index (χ1v) is 4.83. The van der Waals surface area contributed by atoms with Gasteiger partial charge in [0.05, 0.1) is 5.92 Å². The van der Waals surface area contributed by atoms with E-state index in [9.17, 15) is 4.79 Å². The molecule has 76 valence electrons. The van der Waals surface area contributed by atoms with Crippen molar-refractivity contribution in [2.45, 2.75) is 33.1 Å². The van der Waals surface area contributed by atoms with E-state index in [2.05, 4.69) is 5.32 Å². The number of nitrogens with one attached hydrogen (secondary N) is 1. The van der Waals surface area contributed by atoms with E-state index in [1.165, 1.54) is 5.70 Å². The summed E-state index contributed by atoms with van der Waals surface area (Å²) in [6, 6.07) is 0. The molecule has 1 unspecified atom stereocenters. The molecule has 0 heterocycles. The highest BCUT2D eigenvalue weighted by Gasteiger charge is 2.19. The van der Waals surface area contributed by atoms with Crippen molar-refractivity contribution in [3.05, 3.63) is 11.8 Å². The minimum Gasteiger partial charge on any atom is -0.481 e. The largest absolute Gasteiger partial charge is 0.481 e. The van der Waals surface area contributed by atoms with Crippen molar-refractivity contribution >= 4 is 5.97 Å². The Balaban J connectivity index is 0.000000671. The number of carbonyl (C=O) groups is 1. The van der Waals surface area contributed by atoms with Crippen molar-refractivity contribution in [1.82, 2.24) is 5.32 Å². The lowest BCUT2D eigenvalue weighted by Gasteiger charge is -2.17. The van der Waals surface area contributed by atoms with Gasteiger partial charge in [-0.05, 0) is 19.3 Å². The Morgan fingerprint density at radius 2 is 2.23 bits per heavy atom. The smallest absolute Gasteiger partial charge is 0.306 e. The number of hydrogen-bond acceptors (Lipinski definition) is 2. The van der Waals surface area contributed by atoms with Crippen LogP contribution in [0.15, 0.2) is 11.8 Å². The average molecular weight is 185 g/mol. The zero-order chi connectivity index (χ0) is 10.3. The molecule has 13 heavy (non-hydrogen) atoms. The average Bonchev–Trinajstić information content (AvgIpc) is 2.21. The van der Waals surface area contributed by atoms with Crippen LogP contribution in [0.3, 0.4) is 0 Å². The highest BCUT2D eigenvalue weighted by Crippen LogP contribution is 2.21. The molecule has 0 spiro atoms. The van der Waals surface area contributed by atoms with Gasteiger partial charge < -0.3 is 10.4 Å². The Labute approximate surface area is 79.8 Å². The van der Waals surface area contributed by atoms with Crippen molar-refractivity contribution in [2.75, 3.05) is 7.05 Å². The highest BCUT2D eigenvalue weighted by molar-refractivity contribution is 5.70. The minimum atomic E-state index is -0.670. The summed E-state index contributed by atoms with van der Waals surface area (Å²) < 4.78 is 0. The number of rotatable bonds is 2. The predicted octanol–water partition coefficient (Wildman–Crippen LogP) is 2.00. The summed E-state index contributed by atoms with van der Waals surface area (Å²) >= 11 is 0. The van der Waals surface area contributed by atoms with Crippen LogP contribution < -0.4 is 5.32 Å². The van der Waals surface area contributed by atoms with Gasteiger partial charge in [0.1, 0.15) is 0 Å². The van der Waals surface area contributed by atoms with Gasteiger partial charge in [-0.15, -0.1) is 0 Å². The lowest BCUT2D eigenvalue weighted by atomic mass is 9.93. The molecule has 0 saturated carbocycles. The normalized spacial score (nSPS) is 20.8. The fourth-order valence-electron chi connectivity index (χ4n) is 1.29. The topological polar surface area (TPSA) is 49.3 Å². The van der Waals surface area contributed by atoms with Crippen molar-refractivity contribution in [1.29, 1.82) is 0 Å². The predicted molar refractivity (Wildman–Crippen MR) is 53.5 cm³/mol. The third kappa shape index (κ3) is 3.97. The van der Waals surface area contributed by atoms with Crippen molar-refractivity contribution < 1.29 is 9.90 Å². The molecule has 0 aromatic rings. The van der Waals surface area contributed by atoms with E-state index in [1.54, 1.807) is 0 Å². The minimum absolute atomic E-state index is 0.160. The van der Waals surface area contributed by atoms with E-state index in [0.29, 0.717) is 6.42 Å². The quantitative estimate of drug-likeness (QED) is 0.691. The third-order valence-corrected chi connectivity index (χ3v) is 2.08. The van der Waals surface area contributed by atoms with Crippen LogP contribution >= 0.6 is 0 Å². The van der Waals surface area contributed by atoms with E-state index in [-0.39, 0.29) is 5.92 Å². The Hall–Kier alpha value is -0.990. The number of carboxylic acid groups (broad SMARTS) is 1. The second-order valence-corrected chi connectivity index (χ2v) is 2.79. The molecule has 0 bridgehead atoms. The number of carboxylic acids is 1. The molecule has 3 heteroatoms. The molecule has 1 aliphatic rings. The maximum atomic E-state index is 10.5. The number of hydrogen-bond donors (Lipinski definition) is 2. The lowest BCUT2D eigenvalue weighted by Crippen LogP contribution is -2.19. The van der Waals surface area contributed by atoms with Gasteiger partial charge in [-0.3, -0.25) is 4.79 Å². The first-order valence-electron chi connectivity index (χ1n) is 4.83. The van der Waals surface area contributed by atoms with E-state index in [0.717, 1.165) is 12.8 Å². The molecule has 0 saturated heterocycles. The zero-order valence-corrected chi connectivity index (χ0v) is 8.63. The first-order chi connectivity index (χ1) is 6.24. The van der Waals surface area contributed by atoms with E-state index < -0.39 is 5.97 Å². The van der Waals surface area contributed by atoms with Crippen molar-refractivity contribution in [3.63, 3.8) is 0 Å². The van der Waals surface area contributed by atoms with Gasteiger partial charge in [0.15, 0.2) is 0 Å². The van der Waals surface area contributed by atoms with Crippen LogP contribution in [0.1, 0.15) is 33.1 Å². The molecule has 2 N–H and O–H groups in total. The zero-order valence-electron chi connectivity index (χ0n) is 8.63. The van der Waals surface area contributed by atoms with Gasteiger partial charge in [-0.2, -0.15) is 0 Å². The van der Waals surface area contributed by atoms with Crippen LogP contribution in [-0.4, -0.2) is 18.1 Å². The van der Waals surface area contributed by atoms with Gasteiger partial charge in [0.25, 0.3) is 0 Å². The molecule has 0 aliphatic heterocycles. The van der Waals surface area contributed by atoms with Crippen LogP contribution in [0.5, 0.6) is 0 Å². The van der Waals surface area contributed by atoms with Crippen LogP contribution in [-0.2, 0) is 4.79 Å². The molecule has 1 atom stereocenters. The fraction of sp³-hybridized carbons (Fsp3) is 0.700. The molecule has 0 amide bonds. The van der Waals surface area contributed by atoms with Crippen molar-refractivity contribution in [2.24, 2.45) is 5.92 Å². The standard InChI is InChI=1S/C8H13NO2.C2H6/c1-9-7-4-2-6(3-5-7)8(10)11;1-2/h4,6,9H,2-3,5H2,1H3,(H,10,11);1-2H3. The Bertz CT molecular complexity index is 187. The summed E-state index contributed by atoms with van der Waals surface area (Å²) in [5.41, 5.74) is 1.17. The van der Waals surface area contributed by atoms with Gasteiger partial charge in [0.2, 0.25) is 0 Å². The Morgan fingerprint density at radius 3 is 2.54 bits per heavy atom. The lowest BCUT2D eigenvalue weighted by molar-refractivity contribution is -0.141. The maximum Gasteiger partial charge on any atom is 0.306 e. The van der Waals surface area contributed by atoms with Crippen molar-refractivity contribution in [3.8, 4) is 0 Å². The van der Waals surface area contributed by atoms with Gasteiger partial charge in [0, 0.05) is 12.7 Å². The van der Waals surface area contributed by atoms with Crippen LogP contribution in [0, 0.1) is 5.92 Å². The summed E-state index contributed by atoms with van der Waals surface area (Å²) in [7, 11) is 1.87. The summed E-state index contributed by atoms with van der Waals surface area (Å²) in [4.78, 5) is 10.5. The molecule has 0 aromatic heterocycles. The summed E-state index contributed by atoms with van der Waals surface area (Å²) in [6.07, 6.45) is 4.28. The van der Waals surface area contributed by atoms with E-state index >= 15 is 0 Å². The summed E-state index contributed by atoms with van der Waals surface area (Å²) in [6.45, 7) is 4.00. The molecular weight excluding hydrogens is 166 g/mol. The first kappa shape index (κ1) is 12.0. The molecule has 1 rings (SSSR count). The second-order valence-electron chi connectivity index (χ2n) is 2.79. The highest BCUT2D eigenvalue weighted by atomic mass is 16.4. The molecule has 0 aromatic carbocycles. The molecule has 1 aliphatic carbocycles. The number of allylic oxidation sites excluding steroid dienone is 2. The van der Waals surface area contributed by atoms with E-state index in [1.807, 2.05) is 27.0 Å². The number of aliphatic carboxylic acids is 1.